The number of carbonyl (C=O) groups excluding carboxylic acids is 1. The highest BCUT2D eigenvalue weighted by Crippen LogP contribution is 2.35. The van der Waals surface area contributed by atoms with Crippen LogP contribution in [0.25, 0.3) is 17.4 Å². The Labute approximate surface area is 198 Å². The number of rotatable bonds is 5. The molecule has 1 aromatic heterocycles. The number of hydrogen-bond donors (Lipinski definition) is 1. The lowest BCUT2D eigenvalue weighted by molar-refractivity contribution is -0.384. The number of carbonyl (C=O) groups is 2. The van der Waals surface area contributed by atoms with E-state index in [-0.39, 0.29) is 27.5 Å². The highest BCUT2D eigenvalue weighted by atomic mass is 35.5. The molecular formula is C24H18ClN3O6. The predicted octanol–water partition coefficient (Wildman–Crippen LogP) is 5.63. The lowest BCUT2D eigenvalue weighted by atomic mass is 10.0. The molecule has 34 heavy (non-hydrogen) atoms. The summed E-state index contributed by atoms with van der Waals surface area (Å²) in [6.45, 7) is 5.28. The van der Waals surface area contributed by atoms with E-state index in [1.165, 1.54) is 30.3 Å². The Kier molecular flexibility index (Phi) is 5.80. The van der Waals surface area contributed by atoms with E-state index >= 15 is 0 Å². The Bertz CT molecular complexity index is 1440. The molecule has 2 aromatic carbocycles. The third kappa shape index (κ3) is 4.08. The second-order valence-electron chi connectivity index (χ2n) is 7.74. The smallest absolute Gasteiger partial charge is 0.337 e. The summed E-state index contributed by atoms with van der Waals surface area (Å²) in [5.41, 5.74) is 2.67. The van der Waals surface area contributed by atoms with Crippen molar-refractivity contribution in [1.29, 1.82) is 0 Å². The summed E-state index contributed by atoms with van der Waals surface area (Å²) in [6.07, 6.45) is 1.49. The van der Waals surface area contributed by atoms with Gasteiger partial charge in [0.25, 0.3) is 11.6 Å². The summed E-state index contributed by atoms with van der Waals surface area (Å²) in [5, 5.41) is 26.2. The molecule has 4 rings (SSSR count). The standard InChI is InChI=1S/C24H18ClN3O6/c1-12-8-19(21(28(32)33)9-13(12)2)22-7-5-16(34-22)11-17-14(3)26-27(23(17)29)15-4-6-20(25)18(10-15)24(30)31/h4-11H,1-3H3,(H,30,31)/b17-11+. The number of benzene rings is 2. The second-order valence-corrected chi connectivity index (χ2v) is 8.15. The van der Waals surface area contributed by atoms with E-state index in [1.807, 2.05) is 6.92 Å². The number of anilines is 1. The van der Waals surface area contributed by atoms with Crippen molar-refractivity contribution in [3.63, 3.8) is 0 Å². The largest absolute Gasteiger partial charge is 0.478 e. The number of nitrogens with zero attached hydrogens (tertiary/aromatic N) is 3. The van der Waals surface area contributed by atoms with Crippen LogP contribution in [0.15, 0.2) is 57.6 Å². The van der Waals surface area contributed by atoms with Crippen LogP contribution in [0, 0.1) is 24.0 Å². The topological polar surface area (TPSA) is 126 Å². The fourth-order valence-corrected chi connectivity index (χ4v) is 3.73. The van der Waals surface area contributed by atoms with Crippen molar-refractivity contribution in [1.82, 2.24) is 0 Å². The Morgan fingerprint density at radius 3 is 2.53 bits per heavy atom. The van der Waals surface area contributed by atoms with Crippen LogP contribution in [-0.2, 0) is 4.79 Å². The van der Waals surface area contributed by atoms with Gasteiger partial charge in [0.1, 0.15) is 11.5 Å². The molecule has 0 saturated heterocycles. The first-order chi connectivity index (χ1) is 16.1. The van der Waals surface area contributed by atoms with Crippen LogP contribution in [0.3, 0.4) is 0 Å². The number of nitro groups is 1. The van der Waals surface area contributed by atoms with Gasteiger partial charge in [-0.25, -0.2) is 4.79 Å². The summed E-state index contributed by atoms with van der Waals surface area (Å²) in [5.74, 6) is -1.10. The van der Waals surface area contributed by atoms with Crippen LogP contribution in [0.5, 0.6) is 0 Å². The van der Waals surface area contributed by atoms with Crippen LogP contribution >= 0.6 is 11.6 Å². The molecule has 1 aliphatic heterocycles. The molecule has 0 radical (unpaired) electrons. The molecule has 1 aliphatic rings. The molecule has 0 unspecified atom stereocenters. The maximum Gasteiger partial charge on any atom is 0.337 e. The summed E-state index contributed by atoms with van der Waals surface area (Å²) >= 11 is 5.91. The highest BCUT2D eigenvalue weighted by Gasteiger charge is 2.30. The lowest BCUT2D eigenvalue weighted by Crippen LogP contribution is -2.21. The van der Waals surface area contributed by atoms with Crippen LogP contribution in [0.2, 0.25) is 5.02 Å². The summed E-state index contributed by atoms with van der Waals surface area (Å²) in [6, 6.07) is 10.6. The number of aryl methyl sites for hydroxylation is 2. The molecule has 2 heterocycles. The van der Waals surface area contributed by atoms with Crippen molar-refractivity contribution in [2.75, 3.05) is 5.01 Å². The zero-order valence-corrected chi connectivity index (χ0v) is 19.1. The molecule has 0 aliphatic carbocycles. The number of amides is 1. The monoisotopic (exact) mass is 479 g/mol. The molecule has 0 spiro atoms. The SMILES string of the molecule is CC1=NN(c2ccc(Cl)c(C(=O)O)c2)C(=O)/C1=C/c1ccc(-c2cc(C)c(C)cc2[N+](=O)[O-])o1. The maximum absolute atomic E-state index is 13.0. The molecule has 0 atom stereocenters. The normalized spacial score (nSPS) is 14.6. The first-order valence-corrected chi connectivity index (χ1v) is 10.4. The minimum atomic E-state index is -1.22. The maximum atomic E-state index is 13.0. The van der Waals surface area contributed by atoms with E-state index in [9.17, 15) is 24.8 Å². The molecule has 0 fully saturated rings. The van der Waals surface area contributed by atoms with Gasteiger partial charge in [-0.2, -0.15) is 10.1 Å². The number of carboxylic acids is 1. The number of aromatic carboxylic acids is 1. The van der Waals surface area contributed by atoms with Crippen LogP contribution in [0.4, 0.5) is 11.4 Å². The second kappa shape index (κ2) is 8.60. The van der Waals surface area contributed by atoms with Crippen molar-refractivity contribution in [3.05, 3.63) is 85.6 Å². The fourth-order valence-electron chi connectivity index (χ4n) is 3.53. The molecular weight excluding hydrogens is 462 g/mol. The Hall–Kier alpha value is -4.24. The average Bonchev–Trinajstić information content (AvgIpc) is 3.35. The third-order valence-electron chi connectivity index (χ3n) is 5.48. The number of furan rings is 1. The predicted molar refractivity (Wildman–Crippen MR) is 127 cm³/mol. The van der Waals surface area contributed by atoms with Gasteiger partial charge in [-0.1, -0.05) is 11.6 Å². The highest BCUT2D eigenvalue weighted by molar-refractivity contribution is 6.34. The van der Waals surface area contributed by atoms with Gasteiger partial charge >= 0.3 is 5.97 Å². The molecule has 10 heteroatoms. The van der Waals surface area contributed by atoms with Gasteiger partial charge in [-0.15, -0.1) is 0 Å². The van der Waals surface area contributed by atoms with E-state index in [0.29, 0.717) is 22.8 Å². The quantitative estimate of drug-likeness (QED) is 0.287. The molecule has 1 N–H and O–H groups in total. The minimum Gasteiger partial charge on any atom is -0.478 e. The average molecular weight is 480 g/mol. The summed E-state index contributed by atoms with van der Waals surface area (Å²) in [7, 11) is 0. The van der Waals surface area contributed by atoms with Crippen LogP contribution in [-0.4, -0.2) is 27.6 Å². The first-order valence-electron chi connectivity index (χ1n) is 10.1. The van der Waals surface area contributed by atoms with Gasteiger partial charge in [0.05, 0.1) is 38.0 Å². The van der Waals surface area contributed by atoms with Crippen molar-refractivity contribution < 1.29 is 24.0 Å². The molecule has 0 bridgehead atoms. The summed E-state index contributed by atoms with van der Waals surface area (Å²) < 4.78 is 5.82. The van der Waals surface area contributed by atoms with Gasteiger partial charge in [-0.05, 0) is 74.4 Å². The van der Waals surface area contributed by atoms with Gasteiger partial charge in [0.15, 0.2) is 0 Å². The van der Waals surface area contributed by atoms with Crippen molar-refractivity contribution in [3.8, 4) is 11.3 Å². The van der Waals surface area contributed by atoms with E-state index in [0.717, 1.165) is 16.1 Å². The Morgan fingerprint density at radius 2 is 1.85 bits per heavy atom. The number of nitro benzene ring substituents is 1. The van der Waals surface area contributed by atoms with Crippen molar-refractivity contribution >= 4 is 46.6 Å². The van der Waals surface area contributed by atoms with Gasteiger partial charge in [-0.3, -0.25) is 14.9 Å². The molecule has 1 amide bonds. The zero-order chi connectivity index (χ0) is 24.7. The Morgan fingerprint density at radius 1 is 1.15 bits per heavy atom. The number of halogens is 1. The van der Waals surface area contributed by atoms with Crippen molar-refractivity contribution in [2.24, 2.45) is 5.10 Å². The molecule has 3 aromatic rings. The Balaban J connectivity index is 1.68. The van der Waals surface area contributed by atoms with E-state index in [4.69, 9.17) is 16.0 Å². The number of carboxylic acid groups (broad SMARTS) is 1. The van der Waals surface area contributed by atoms with Gasteiger partial charge in [0.2, 0.25) is 0 Å². The van der Waals surface area contributed by atoms with Crippen LogP contribution < -0.4 is 5.01 Å². The lowest BCUT2D eigenvalue weighted by Gasteiger charge is -2.12. The molecule has 0 saturated carbocycles. The van der Waals surface area contributed by atoms with E-state index in [1.54, 1.807) is 32.0 Å². The van der Waals surface area contributed by atoms with Crippen molar-refractivity contribution in [2.45, 2.75) is 20.8 Å². The fraction of sp³-hybridized carbons (Fsp3) is 0.125. The third-order valence-corrected chi connectivity index (χ3v) is 5.80. The molecule has 172 valence electrons. The van der Waals surface area contributed by atoms with E-state index in [2.05, 4.69) is 5.10 Å². The number of hydrazone groups is 1. The number of hydrogen-bond acceptors (Lipinski definition) is 6. The summed E-state index contributed by atoms with van der Waals surface area (Å²) in [4.78, 5) is 35.5. The van der Waals surface area contributed by atoms with Crippen LogP contribution in [0.1, 0.15) is 34.2 Å². The van der Waals surface area contributed by atoms with E-state index < -0.39 is 16.8 Å². The van der Waals surface area contributed by atoms with Gasteiger partial charge < -0.3 is 9.52 Å². The minimum absolute atomic E-state index is 0.0444. The molecule has 9 nitrogen and oxygen atoms in total. The van der Waals surface area contributed by atoms with Gasteiger partial charge in [0, 0.05) is 6.07 Å². The zero-order valence-electron chi connectivity index (χ0n) is 18.3. The first kappa shape index (κ1) is 22.9.